The second-order valence-corrected chi connectivity index (χ2v) is 6.35. The summed E-state index contributed by atoms with van der Waals surface area (Å²) in [5, 5.41) is 10.9. The van der Waals surface area contributed by atoms with Gasteiger partial charge in [-0.2, -0.15) is 5.26 Å². The molecule has 2 aromatic heterocycles. The van der Waals surface area contributed by atoms with Crippen LogP contribution in [0.4, 0.5) is 4.39 Å². The molecule has 0 aliphatic carbocycles. The summed E-state index contributed by atoms with van der Waals surface area (Å²) in [6.45, 7) is 4.07. The molecule has 0 amide bonds. The van der Waals surface area contributed by atoms with Crippen LogP contribution in [0.15, 0.2) is 47.0 Å². The van der Waals surface area contributed by atoms with Gasteiger partial charge in [0.25, 0.3) is 0 Å². The lowest BCUT2D eigenvalue weighted by atomic mass is 9.99. The Morgan fingerprint density at radius 3 is 2.52 bits per heavy atom. The zero-order valence-corrected chi connectivity index (χ0v) is 14.2. The van der Waals surface area contributed by atoms with Gasteiger partial charge in [0.1, 0.15) is 30.1 Å². The number of hydrogen-bond donors (Lipinski definition) is 0. The SMILES string of the molecule is Cc1cc[n+](C)c(-c2c(C)ccc3c2oc2c(C#N)c(F)ccc23)c1. The third kappa shape index (κ3) is 2.20. The summed E-state index contributed by atoms with van der Waals surface area (Å²) in [5.41, 5.74) is 5.12. The van der Waals surface area contributed by atoms with E-state index in [1.165, 1.54) is 6.07 Å². The van der Waals surface area contributed by atoms with Crippen molar-refractivity contribution in [1.29, 1.82) is 5.26 Å². The molecule has 4 rings (SSSR count). The van der Waals surface area contributed by atoms with Gasteiger partial charge < -0.3 is 4.42 Å². The van der Waals surface area contributed by atoms with Gasteiger partial charge >= 0.3 is 0 Å². The van der Waals surface area contributed by atoms with Crippen molar-refractivity contribution >= 4 is 21.9 Å². The fourth-order valence-electron chi connectivity index (χ4n) is 3.32. The summed E-state index contributed by atoms with van der Waals surface area (Å²) >= 11 is 0. The molecule has 2 aromatic carbocycles. The van der Waals surface area contributed by atoms with Crippen LogP contribution in [0, 0.1) is 31.0 Å². The first-order valence-electron chi connectivity index (χ1n) is 8.02. The lowest BCUT2D eigenvalue weighted by Crippen LogP contribution is -2.30. The van der Waals surface area contributed by atoms with E-state index in [4.69, 9.17) is 4.42 Å². The van der Waals surface area contributed by atoms with E-state index in [9.17, 15) is 9.65 Å². The largest absolute Gasteiger partial charge is 0.454 e. The van der Waals surface area contributed by atoms with Crippen LogP contribution in [-0.2, 0) is 7.05 Å². The van der Waals surface area contributed by atoms with Crippen LogP contribution in [0.2, 0.25) is 0 Å². The molecular weight excluding hydrogens is 315 g/mol. The van der Waals surface area contributed by atoms with E-state index in [0.717, 1.165) is 33.2 Å². The number of rotatable bonds is 1. The number of pyridine rings is 1. The lowest BCUT2D eigenvalue weighted by Gasteiger charge is -2.06. The van der Waals surface area contributed by atoms with E-state index in [0.29, 0.717) is 11.2 Å². The van der Waals surface area contributed by atoms with E-state index in [1.807, 2.05) is 55.9 Å². The minimum atomic E-state index is -0.562. The molecule has 0 spiro atoms. The normalized spacial score (nSPS) is 11.2. The number of furan rings is 1. The molecule has 0 aliphatic heterocycles. The van der Waals surface area contributed by atoms with Gasteiger partial charge in [-0.1, -0.05) is 12.1 Å². The van der Waals surface area contributed by atoms with Crippen molar-refractivity contribution in [1.82, 2.24) is 0 Å². The van der Waals surface area contributed by atoms with Crippen LogP contribution < -0.4 is 4.57 Å². The van der Waals surface area contributed by atoms with Crippen molar-refractivity contribution in [2.24, 2.45) is 7.05 Å². The molecule has 0 unspecified atom stereocenters. The van der Waals surface area contributed by atoms with Gasteiger partial charge in [0.2, 0.25) is 5.69 Å². The molecule has 0 fully saturated rings. The van der Waals surface area contributed by atoms with E-state index >= 15 is 0 Å². The van der Waals surface area contributed by atoms with E-state index in [2.05, 4.69) is 6.07 Å². The van der Waals surface area contributed by atoms with Crippen LogP contribution in [-0.4, -0.2) is 0 Å². The lowest BCUT2D eigenvalue weighted by molar-refractivity contribution is -0.660. The maximum Gasteiger partial charge on any atom is 0.216 e. The standard InChI is InChI=1S/C21H16FN2O/c1-12-8-9-24(3)18(10-12)19-13(2)4-5-15-14-6-7-17(22)16(11-23)20(14)25-21(15)19/h4-10H,1-3H3/q+1. The zero-order chi connectivity index (χ0) is 17.7. The number of fused-ring (bicyclic) bond motifs is 3. The Morgan fingerprint density at radius 2 is 1.76 bits per heavy atom. The molecule has 3 nitrogen and oxygen atoms in total. The van der Waals surface area contributed by atoms with Gasteiger partial charge in [0.05, 0.1) is 5.56 Å². The maximum absolute atomic E-state index is 14.0. The third-order valence-corrected chi connectivity index (χ3v) is 4.64. The Kier molecular flexibility index (Phi) is 3.33. The van der Waals surface area contributed by atoms with Gasteiger partial charge in [0, 0.05) is 22.9 Å². The van der Waals surface area contributed by atoms with Crippen molar-refractivity contribution in [3.63, 3.8) is 0 Å². The highest BCUT2D eigenvalue weighted by Crippen LogP contribution is 2.38. The Hall–Kier alpha value is -3.19. The minimum Gasteiger partial charge on any atom is -0.454 e. The van der Waals surface area contributed by atoms with Gasteiger partial charge in [-0.25, -0.2) is 8.96 Å². The van der Waals surface area contributed by atoms with Gasteiger partial charge in [-0.05, 0) is 37.1 Å². The Morgan fingerprint density at radius 1 is 1.04 bits per heavy atom. The highest BCUT2D eigenvalue weighted by atomic mass is 19.1. The number of nitrogens with zero attached hydrogens (tertiary/aromatic N) is 2. The molecule has 0 radical (unpaired) electrons. The zero-order valence-electron chi connectivity index (χ0n) is 14.2. The fourth-order valence-corrected chi connectivity index (χ4v) is 3.32. The summed E-state index contributed by atoms with van der Waals surface area (Å²) in [6.07, 6.45) is 2.01. The van der Waals surface area contributed by atoms with Crippen LogP contribution in [0.25, 0.3) is 33.2 Å². The molecule has 0 saturated carbocycles. The average Bonchev–Trinajstić information content (AvgIpc) is 2.95. The summed E-state index contributed by atoms with van der Waals surface area (Å²) in [5.74, 6) is -0.562. The summed E-state index contributed by atoms with van der Waals surface area (Å²) in [6, 6.07) is 13.1. The molecule has 25 heavy (non-hydrogen) atoms. The minimum absolute atomic E-state index is 0.0501. The van der Waals surface area contributed by atoms with Gasteiger partial charge in [0.15, 0.2) is 11.8 Å². The molecule has 4 aromatic rings. The number of hydrogen-bond acceptors (Lipinski definition) is 2. The van der Waals surface area contributed by atoms with Gasteiger partial charge in [-0.15, -0.1) is 0 Å². The second-order valence-electron chi connectivity index (χ2n) is 6.35. The fraction of sp³-hybridized carbons (Fsp3) is 0.143. The molecule has 2 heterocycles. The summed E-state index contributed by atoms with van der Waals surface area (Å²) in [4.78, 5) is 0. The van der Waals surface area contributed by atoms with E-state index in [1.54, 1.807) is 6.07 Å². The first-order chi connectivity index (χ1) is 12.0. The van der Waals surface area contributed by atoms with Crippen LogP contribution >= 0.6 is 0 Å². The topological polar surface area (TPSA) is 40.8 Å². The van der Waals surface area contributed by atoms with Crippen molar-refractivity contribution in [3.8, 4) is 17.3 Å². The van der Waals surface area contributed by atoms with E-state index in [-0.39, 0.29) is 5.56 Å². The predicted molar refractivity (Wildman–Crippen MR) is 94.5 cm³/mol. The Bertz CT molecular complexity index is 1200. The molecule has 0 atom stereocenters. The van der Waals surface area contributed by atoms with Crippen LogP contribution in [0.1, 0.15) is 16.7 Å². The quantitative estimate of drug-likeness (QED) is 0.474. The number of aromatic nitrogens is 1. The van der Waals surface area contributed by atoms with E-state index < -0.39 is 5.82 Å². The smallest absolute Gasteiger partial charge is 0.216 e. The Labute approximate surface area is 144 Å². The van der Waals surface area contributed by atoms with Crippen molar-refractivity contribution < 1.29 is 13.4 Å². The summed E-state index contributed by atoms with van der Waals surface area (Å²) < 4.78 is 22.1. The number of nitriles is 1. The van der Waals surface area contributed by atoms with Gasteiger partial charge in [-0.3, -0.25) is 0 Å². The maximum atomic E-state index is 14.0. The predicted octanol–water partition coefficient (Wildman–Crippen LogP) is 4.71. The number of aryl methyl sites for hydroxylation is 3. The molecule has 0 N–H and O–H groups in total. The number of halogens is 1. The third-order valence-electron chi connectivity index (χ3n) is 4.64. The summed E-state index contributed by atoms with van der Waals surface area (Å²) in [7, 11) is 1.98. The van der Waals surface area contributed by atoms with Crippen molar-refractivity contribution in [2.75, 3.05) is 0 Å². The molecular formula is C21H16FN2O+. The molecule has 0 aliphatic rings. The van der Waals surface area contributed by atoms with Crippen LogP contribution in [0.5, 0.6) is 0 Å². The number of benzene rings is 2. The first-order valence-corrected chi connectivity index (χ1v) is 8.02. The molecule has 122 valence electrons. The first kappa shape index (κ1) is 15.3. The molecule has 4 heteroatoms. The van der Waals surface area contributed by atoms with Crippen molar-refractivity contribution in [2.45, 2.75) is 13.8 Å². The van der Waals surface area contributed by atoms with Crippen molar-refractivity contribution in [3.05, 3.63) is 65.1 Å². The molecule has 0 bridgehead atoms. The monoisotopic (exact) mass is 331 g/mol. The Balaban J connectivity index is 2.19. The second kappa shape index (κ2) is 5.42. The van der Waals surface area contributed by atoms with Crippen LogP contribution in [0.3, 0.4) is 0 Å². The highest BCUT2D eigenvalue weighted by molar-refractivity contribution is 6.10. The highest BCUT2D eigenvalue weighted by Gasteiger charge is 2.22. The average molecular weight is 331 g/mol. The molecule has 0 saturated heterocycles.